The summed E-state index contributed by atoms with van der Waals surface area (Å²) in [4.78, 5) is 32.8. The molecular weight excluding hydrogens is 308 g/mol. The molecule has 21 heavy (non-hydrogen) atoms. The second-order valence-corrected chi connectivity index (χ2v) is 6.75. The minimum atomic E-state index is -0.903. The lowest BCUT2D eigenvalue weighted by molar-refractivity contribution is -0.137. The first-order valence-corrected chi connectivity index (χ1v) is 8.04. The fraction of sp³-hybridized carbons (Fsp3) is 0.214. The molecule has 0 bridgehead atoms. The van der Waals surface area contributed by atoms with Crippen molar-refractivity contribution in [2.45, 2.75) is 19.8 Å². The van der Waals surface area contributed by atoms with Gasteiger partial charge in [0, 0.05) is 21.7 Å². The number of thiophene rings is 2. The third-order valence-electron chi connectivity index (χ3n) is 3.13. The summed E-state index contributed by atoms with van der Waals surface area (Å²) < 4.78 is 0. The first-order chi connectivity index (χ1) is 10.1. The van der Waals surface area contributed by atoms with E-state index in [1.807, 2.05) is 24.4 Å². The largest absolute Gasteiger partial charge is 0.481 e. The highest BCUT2D eigenvalue weighted by molar-refractivity contribution is 7.20. The van der Waals surface area contributed by atoms with Crippen molar-refractivity contribution in [3.63, 3.8) is 0 Å². The number of hydrogen-bond donors (Lipinski definition) is 2. The van der Waals surface area contributed by atoms with Crippen molar-refractivity contribution in [3.05, 3.63) is 38.6 Å². The van der Waals surface area contributed by atoms with E-state index >= 15 is 0 Å². The van der Waals surface area contributed by atoms with Gasteiger partial charge in [-0.15, -0.1) is 22.7 Å². The Bertz CT molecular complexity index is 862. The molecule has 0 aliphatic carbocycles. The van der Waals surface area contributed by atoms with Crippen molar-refractivity contribution in [1.29, 1.82) is 0 Å². The maximum Gasteiger partial charge on any atom is 0.303 e. The second kappa shape index (κ2) is 5.42. The van der Waals surface area contributed by atoms with Crippen molar-refractivity contribution < 1.29 is 9.90 Å². The molecule has 7 heteroatoms. The minimum absolute atomic E-state index is 0.0451. The SMILES string of the molecule is Cc1sc2nc(CCC(=O)O)[nH]c(=O)c2c1-c1cccs1. The van der Waals surface area contributed by atoms with Crippen molar-refractivity contribution in [3.8, 4) is 10.4 Å². The van der Waals surface area contributed by atoms with Crippen LogP contribution in [0.25, 0.3) is 20.7 Å². The van der Waals surface area contributed by atoms with Crippen LogP contribution >= 0.6 is 22.7 Å². The molecule has 3 aromatic heterocycles. The number of aromatic amines is 1. The van der Waals surface area contributed by atoms with Gasteiger partial charge in [-0.2, -0.15) is 0 Å². The summed E-state index contributed by atoms with van der Waals surface area (Å²) in [6.07, 6.45) is 0.183. The van der Waals surface area contributed by atoms with Gasteiger partial charge in [-0.1, -0.05) is 6.07 Å². The van der Waals surface area contributed by atoms with Crippen LogP contribution in [0.2, 0.25) is 0 Å². The topological polar surface area (TPSA) is 83.0 Å². The van der Waals surface area contributed by atoms with Gasteiger partial charge in [0.25, 0.3) is 5.56 Å². The first kappa shape index (κ1) is 14.0. The number of rotatable bonds is 4. The average molecular weight is 320 g/mol. The molecule has 0 amide bonds. The fourth-order valence-corrected chi connectivity index (χ4v) is 4.18. The molecule has 3 rings (SSSR count). The molecular formula is C14H12N2O3S2. The molecule has 0 aliphatic heterocycles. The normalized spacial score (nSPS) is 11.1. The van der Waals surface area contributed by atoms with Gasteiger partial charge in [-0.3, -0.25) is 9.59 Å². The van der Waals surface area contributed by atoms with E-state index in [0.29, 0.717) is 16.0 Å². The molecule has 0 spiro atoms. The molecule has 3 aromatic rings. The van der Waals surface area contributed by atoms with E-state index < -0.39 is 5.97 Å². The van der Waals surface area contributed by atoms with Crippen LogP contribution in [0.15, 0.2) is 22.3 Å². The van der Waals surface area contributed by atoms with Gasteiger partial charge in [-0.25, -0.2) is 4.98 Å². The van der Waals surface area contributed by atoms with Crippen molar-refractivity contribution in [1.82, 2.24) is 9.97 Å². The third-order valence-corrected chi connectivity index (χ3v) is 5.02. The van der Waals surface area contributed by atoms with Gasteiger partial charge in [-0.05, 0) is 18.4 Å². The number of hydrogen-bond acceptors (Lipinski definition) is 5. The number of nitrogens with zero attached hydrogens (tertiary/aromatic N) is 1. The first-order valence-electron chi connectivity index (χ1n) is 6.34. The second-order valence-electron chi connectivity index (χ2n) is 4.60. The van der Waals surface area contributed by atoms with Gasteiger partial charge in [0.2, 0.25) is 0 Å². The molecule has 108 valence electrons. The highest BCUT2D eigenvalue weighted by Crippen LogP contribution is 2.37. The quantitative estimate of drug-likeness (QED) is 0.774. The van der Waals surface area contributed by atoms with Crippen LogP contribution in [0.1, 0.15) is 17.1 Å². The summed E-state index contributed by atoms with van der Waals surface area (Å²) in [6.45, 7) is 1.97. The number of aromatic nitrogens is 2. The molecule has 0 atom stereocenters. The number of carboxylic acid groups (broad SMARTS) is 1. The number of fused-ring (bicyclic) bond motifs is 1. The third kappa shape index (κ3) is 2.62. The molecule has 0 saturated heterocycles. The maximum atomic E-state index is 12.3. The Balaban J connectivity index is 2.14. The van der Waals surface area contributed by atoms with Crippen LogP contribution in [-0.4, -0.2) is 21.0 Å². The smallest absolute Gasteiger partial charge is 0.303 e. The summed E-state index contributed by atoms with van der Waals surface area (Å²) in [7, 11) is 0. The van der Waals surface area contributed by atoms with E-state index in [-0.39, 0.29) is 18.4 Å². The Morgan fingerprint density at radius 3 is 2.95 bits per heavy atom. The van der Waals surface area contributed by atoms with Gasteiger partial charge in [0.15, 0.2) is 0 Å². The predicted octanol–water partition coefficient (Wildman–Crippen LogP) is 3.04. The van der Waals surface area contributed by atoms with Gasteiger partial charge in [0.05, 0.1) is 11.8 Å². The number of aliphatic carboxylic acids is 1. The van der Waals surface area contributed by atoms with Gasteiger partial charge in [0.1, 0.15) is 10.7 Å². The molecule has 0 unspecified atom stereocenters. The number of aryl methyl sites for hydroxylation is 2. The number of H-pyrrole nitrogens is 1. The van der Waals surface area contributed by atoms with Crippen LogP contribution in [0, 0.1) is 6.92 Å². The van der Waals surface area contributed by atoms with Gasteiger partial charge >= 0.3 is 5.97 Å². The Labute approximate surface area is 127 Å². The van der Waals surface area contributed by atoms with Crippen LogP contribution in [0.5, 0.6) is 0 Å². The summed E-state index contributed by atoms with van der Waals surface area (Å²) in [5, 5.41) is 11.3. The van der Waals surface area contributed by atoms with Gasteiger partial charge < -0.3 is 10.1 Å². The number of carboxylic acids is 1. The van der Waals surface area contributed by atoms with E-state index in [1.54, 1.807) is 11.3 Å². The molecule has 2 N–H and O–H groups in total. The lowest BCUT2D eigenvalue weighted by Crippen LogP contribution is -2.12. The van der Waals surface area contributed by atoms with Crippen LogP contribution in [0.3, 0.4) is 0 Å². The zero-order chi connectivity index (χ0) is 15.0. The van der Waals surface area contributed by atoms with E-state index in [1.165, 1.54) is 11.3 Å². The van der Waals surface area contributed by atoms with Crippen LogP contribution < -0.4 is 5.56 Å². The van der Waals surface area contributed by atoms with E-state index in [2.05, 4.69) is 9.97 Å². The van der Waals surface area contributed by atoms with Crippen LogP contribution in [-0.2, 0) is 11.2 Å². The van der Waals surface area contributed by atoms with E-state index in [0.717, 1.165) is 15.3 Å². The Kier molecular flexibility index (Phi) is 3.60. The van der Waals surface area contributed by atoms with Crippen molar-refractivity contribution in [2.75, 3.05) is 0 Å². The zero-order valence-corrected chi connectivity index (χ0v) is 12.8. The van der Waals surface area contributed by atoms with Crippen molar-refractivity contribution >= 4 is 38.9 Å². The molecule has 5 nitrogen and oxygen atoms in total. The van der Waals surface area contributed by atoms with E-state index in [4.69, 9.17) is 5.11 Å². The highest BCUT2D eigenvalue weighted by Gasteiger charge is 2.17. The lowest BCUT2D eigenvalue weighted by Gasteiger charge is -2.00. The Hall–Kier alpha value is -1.99. The standard InChI is InChI=1S/C14H12N2O3S2/c1-7-11(8-3-2-6-20-8)12-13(19)15-9(4-5-10(17)18)16-14(12)21-7/h2-3,6H,4-5H2,1H3,(H,17,18)(H,15,16,19). The fourth-order valence-electron chi connectivity index (χ4n) is 2.22. The lowest BCUT2D eigenvalue weighted by atomic mass is 10.1. The minimum Gasteiger partial charge on any atom is -0.481 e. The Morgan fingerprint density at radius 2 is 2.29 bits per heavy atom. The summed E-state index contributed by atoms with van der Waals surface area (Å²) in [6, 6.07) is 3.93. The monoisotopic (exact) mass is 320 g/mol. The summed E-state index contributed by atoms with van der Waals surface area (Å²) >= 11 is 3.05. The predicted molar refractivity (Wildman–Crippen MR) is 84.2 cm³/mol. The molecule has 0 fully saturated rings. The summed E-state index contributed by atoms with van der Waals surface area (Å²) in [5.74, 6) is -0.478. The maximum absolute atomic E-state index is 12.3. The highest BCUT2D eigenvalue weighted by atomic mass is 32.1. The van der Waals surface area contributed by atoms with Crippen LogP contribution in [0.4, 0.5) is 0 Å². The number of nitrogens with one attached hydrogen (secondary N) is 1. The molecule has 3 heterocycles. The molecule has 0 aliphatic rings. The molecule has 0 saturated carbocycles. The Morgan fingerprint density at radius 1 is 1.48 bits per heavy atom. The zero-order valence-electron chi connectivity index (χ0n) is 11.2. The number of carbonyl (C=O) groups is 1. The average Bonchev–Trinajstić information content (AvgIpc) is 3.02. The van der Waals surface area contributed by atoms with E-state index in [9.17, 15) is 9.59 Å². The molecule has 0 radical (unpaired) electrons. The summed E-state index contributed by atoms with van der Waals surface area (Å²) in [5.41, 5.74) is 0.733. The van der Waals surface area contributed by atoms with Crippen molar-refractivity contribution in [2.24, 2.45) is 0 Å². The molecule has 0 aromatic carbocycles.